The molecule has 1 aliphatic carbocycles. The Labute approximate surface area is 100 Å². The molecule has 2 rings (SSSR count). The molecule has 16 heavy (non-hydrogen) atoms. The molecule has 1 aliphatic rings. The van der Waals surface area contributed by atoms with E-state index in [1.165, 1.54) is 0 Å². The van der Waals surface area contributed by atoms with Crippen molar-refractivity contribution in [2.24, 2.45) is 0 Å². The Hall–Kier alpha value is -1.03. The molecular weight excluding hydrogens is 226 g/mol. The molecule has 1 heterocycles. The molecule has 0 unspecified atom stereocenters. The lowest BCUT2D eigenvalue weighted by molar-refractivity contribution is 0.304. The van der Waals surface area contributed by atoms with Crippen LogP contribution < -0.4 is 10.1 Å². The number of hydrogen-bond donors (Lipinski definition) is 1. The number of nitrogens with one attached hydrogen (secondary N) is 1. The molecule has 1 aromatic rings. The summed E-state index contributed by atoms with van der Waals surface area (Å²) in [4.78, 5) is 8.42. The molecule has 88 valence electrons. The number of rotatable bonds is 6. The average Bonchev–Trinajstić information content (AvgIpc) is 3.07. The van der Waals surface area contributed by atoms with Crippen molar-refractivity contribution in [3.63, 3.8) is 0 Å². The van der Waals surface area contributed by atoms with Gasteiger partial charge < -0.3 is 10.1 Å². The van der Waals surface area contributed by atoms with Gasteiger partial charge in [0.2, 0.25) is 5.88 Å². The third-order valence-corrected chi connectivity index (χ3v) is 3.08. The topological polar surface area (TPSA) is 47.0 Å². The maximum atomic E-state index is 5.89. The zero-order valence-corrected chi connectivity index (χ0v) is 10.1. The lowest BCUT2D eigenvalue weighted by Gasteiger charge is -2.14. The maximum Gasteiger partial charge on any atom is 0.234 e. The van der Waals surface area contributed by atoms with E-state index in [0.717, 1.165) is 25.1 Å². The molecule has 0 saturated heterocycles. The summed E-state index contributed by atoms with van der Waals surface area (Å²) >= 11 is 5.89. The molecule has 0 bridgehead atoms. The molecule has 1 saturated carbocycles. The number of hydrogen-bond acceptors (Lipinski definition) is 4. The molecule has 0 aliphatic heterocycles. The second-order valence-corrected chi connectivity index (χ2v) is 4.40. The van der Waals surface area contributed by atoms with Crippen LogP contribution in [-0.2, 0) is 0 Å². The van der Waals surface area contributed by atoms with Crippen molar-refractivity contribution in [1.82, 2.24) is 9.97 Å². The molecule has 1 aromatic heterocycles. The number of halogens is 1. The monoisotopic (exact) mass is 241 g/mol. The predicted molar refractivity (Wildman–Crippen MR) is 64.1 cm³/mol. The van der Waals surface area contributed by atoms with Crippen LogP contribution >= 0.6 is 11.6 Å². The van der Waals surface area contributed by atoms with Crippen molar-refractivity contribution >= 4 is 17.4 Å². The van der Waals surface area contributed by atoms with Crippen LogP contribution in [0.5, 0.6) is 5.88 Å². The minimum absolute atomic E-state index is 0.0413. The summed E-state index contributed by atoms with van der Waals surface area (Å²) < 4.78 is 5.42. The van der Waals surface area contributed by atoms with Crippen molar-refractivity contribution in [1.29, 1.82) is 0 Å². The minimum Gasteiger partial charge on any atom is -0.477 e. The summed E-state index contributed by atoms with van der Waals surface area (Å²) in [7, 11) is 0. The lowest BCUT2D eigenvalue weighted by Crippen LogP contribution is -2.23. The fourth-order valence-corrected chi connectivity index (χ4v) is 1.73. The van der Waals surface area contributed by atoms with E-state index >= 15 is 0 Å². The van der Waals surface area contributed by atoms with Crippen LogP contribution in [0, 0.1) is 0 Å². The lowest BCUT2D eigenvalue weighted by atomic mass is 10.3. The van der Waals surface area contributed by atoms with Gasteiger partial charge in [0.25, 0.3) is 0 Å². The first-order valence-corrected chi connectivity index (χ1v) is 6.10. The molecule has 4 nitrogen and oxygen atoms in total. The van der Waals surface area contributed by atoms with Crippen LogP contribution in [-0.4, -0.2) is 28.0 Å². The number of nitrogens with zero attached hydrogens (tertiary/aromatic N) is 2. The Kier molecular flexibility index (Phi) is 3.49. The predicted octanol–water partition coefficient (Wildman–Crippen LogP) is 2.45. The first-order valence-electron chi connectivity index (χ1n) is 5.57. The van der Waals surface area contributed by atoms with Crippen LogP contribution in [0.1, 0.15) is 26.2 Å². The molecule has 0 atom stereocenters. The Morgan fingerprint density at radius 3 is 2.94 bits per heavy atom. The molecular formula is C11H16ClN3O. The number of aromatic nitrogens is 2. The zero-order valence-electron chi connectivity index (χ0n) is 9.37. The van der Waals surface area contributed by atoms with Crippen LogP contribution in [0.15, 0.2) is 12.4 Å². The molecule has 0 spiro atoms. The minimum atomic E-state index is 0.0413. The number of anilines is 1. The fourth-order valence-electron chi connectivity index (χ4n) is 1.40. The highest BCUT2D eigenvalue weighted by atomic mass is 35.5. The van der Waals surface area contributed by atoms with Gasteiger partial charge in [0.1, 0.15) is 5.82 Å². The molecule has 5 heteroatoms. The van der Waals surface area contributed by atoms with E-state index in [1.807, 2.05) is 0 Å². The molecule has 1 N–H and O–H groups in total. The van der Waals surface area contributed by atoms with E-state index in [-0.39, 0.29) is 5.54 Å². The Morgan fingerprint density at radius 2 is 2.31 bits per heavy atom. The Bertz CT molecular complexity index is 355. The number of ether oxygens (including phenoxy) is 1. The summed E-state index contributed by atoms with van der Waals surface area (Å²) in [5.41, 5.74) is 0.0413. The van der Waals surface area contributed by atoms with Gasteiger partial charge in [-0.15, -0.1) is 11.6 Å². The highest BCUT2D eigenvalue weighted by molar-refractivity contribution is 6.19. The standard InChI is InChI=1S/C11H16ClN3O/c1-2-5-16-10-7-13-6-9(14-10)15-11(8-12)3-4-11/h6-7H,2-5,8H2,1H3,(H,14,15). The van der Waals surface area contributed by atoms with Gasteiger partial charge in [-0.3, -0.25) is 4.98 Å². The summed E-state index contributed by atoms with van der Waals surface area (Å²) in [5.74, 6) is 1.92. The fraction of sp³-hybridized carbons (Fsp3) is 0.636. The average molecular weight is 242 g/mol. The van der Waals surface area contributed by atoms with Crippen molar-refractivity contribution in [2.75, 3.05) is 17.8 Å². The normalized spacial score (nSPS) is 16.9. The van der Waals surface area contributed by atoms with Crippen molar-refractivity contribution in [3.05, 3.63) is 12.4 Å². The Balaban J connectivity index is 1.99. The molecule has 1 fully saturated rings. The number of alkyl halides is 1. The van der Waals surface area contributed by atoms with Gasteiger partial charge in [-0.2, -0.15) is 4.98 Å². The quantitative estimate of drug-likeness (QED) is 0.778. The summed E-state index contributed by atoms with van der Waals surface area (Å²) in [6, 6.07) is 0. The summed E-state index contributed by atoms with van der Waals surface area (Å²) in [6.45, 7) is 2.72. The van der Waals surface area contributed by atoms with E-state index in [4.69, 9.17) is 16.3 Å². The van der Waals surface area contributed by atoms with E-state index < -0.39 is 0 Å². The van der Waals surface area contributed by atoms with Crippen LogP contribution in [0.25, 0.3) is 0 Å². The van der Waals surface area contributed by atoms with Crippen LogP contribution in [0.3, 0.4) is 0 Å². The van der Waals surface area contributed by atoms with Crippen LogP contribution in [0.4, 0.5) is 5.82 Å². The zero-order chi connectivity index (χ0) is 11.4. The van der Waals surface area contributed by atoms with Gasteiger partial charge in [-0.05, 0) is 19.3 Å². The van der Waals surface area contributed by atoms with Crippen molar-refractivity contribution in [3.8, 4) is 5.88 Å². The van der Waals surface area contributed by atoms with E-state index in [0.29, 0.717) is 18.4 Å². The van der Waals surface area contributed by atoms with E-state index in [2.05, 4.69) is 22.2 Å². The summed E-state index contributed by atoms with van der Waals surface area (Å²) in [5, 5.41) is 3.31. The van der Waals surface area contributed by atoms with Gasteiger partial charge >= 0.3 is 0 Å². The van der Waals surface area contributed by atoms with E-state index in [9.17, 15) is 0 Å². The Morgan fingerprint density at radius 1 is 1.50 bits per heavy atom. The largest absolute Gasteiger partial charge is 0.477 e. The smallest absolute Gasteiger partial charge is 0.234 e. The first kappa shape index (κ1) is 11.5. The highest BCUT2D eigenvalue weighted by Crippen LogP contribution is 2.39. The second-order valence-electron chi connectivity index (χ2n) is 4.13. The van der Waals surface area contributed by atoms with Gasteiger partial charge in [-0.25, -0.2) is 0 Å². The maximum absolute atomic E-state index is 5.89. The van der Waals surface area contributed by atoms with Gasteiger partial charge in [-0.1, -0.05) is 6.92 Å². The van der Waals surface area contributed by atoms with Crippen molar-refractivity contribution in [2.45, 2.75) is 31.7 Å². The van der Waals surface area contributed by atoms with Crippen LogP contribution in [0.2, 0.25) is 0 Å². The SMILES string of the molecule is CCCOc1cncc(NC2(CCl)CC2)n1. The third-order valence-electron chi connectivity index (χ3n) is 2.57. The molecule has 0 radical (unpaired) electrons. The van der Waals surface area contributed by atoms with Gasteiger partial charge in [0.05, 0.1) is 24.5 Å². The third kappa shape index (κ3) is 2.76. The highest BCUT2D eigenvalue weighted by Gasteiger charge is 2.42. The summed E-state index contributed by atoms with van der Waals surface area (Å²) in [6.07, 6.45) is 6.48. The molecule has 0 amide bonds. The molecule has 0 aromatic carbocycles. The first-order chi connectivity index (χ1) is 7.78. The second kappa shape index (κ2) is 4.87. The van der Waals surface area contributed by atoms with Gasteiger partial charge in [0, 0.05) is 5.88 Å². The van der Waals surface area contributed by atoms with E-state index in [1.54, 1.807) is 12.4 Å². The van der Waals surface area contributed by atoms with Crippen molar-refractivity contribution < 1.29 is 4.74 Å². The van der Waals surface area contributed by atoms with Gasteiger partial charge in [0.15, 0.2) is 0 Å².